The minimum atomic E-state index is -0.409. The van der Waals surface area contributed by atoms with Crippen molar-refractivity contribution in [3.8, 4) is 11.5 Å². The molecule has 6 nitrogen and oxygen atoms in total. The van der Waals surface area contributed by atoms with Crippen LogP contribution in [-0.2, 0) is 0 Å². The van der Waals surface area contributed by atoms with Gasteiger partial charge in [0, 0.05) is 0 Å². The molecule has 0 saturated heterocycles. The highest BCUT2D eigenvalue weighted by Gasteiger charge is 2.37. The Morgan fingerprint density at radius 1 is 0.704 bits per heavy atom. The summed E-state index contributed by atoms with van der Waals surface area (Å²) in [6.07, 6.45) is 0. The Kier molecular flexibility index (Phi) is 3.14. The molecule has 0 spiro atoms. The number of rotatable bonds is 1. The molecule has 3 aromatic rings. The second-order valence-corrected chi connectivity index (χ2v) is 6.22. The number of hydrogen-bond acceptors (Lipinski definition) is 4. The van der Waals surface area contributed by atoms with Crippen LogP contribution in [0.25, 0.3) is 0 Å². The fourth-order valence-electron chi connectivity index (χ4n) is 3.31. The van der Waals surface area contributed by atoms with E-state index in [0.29, 0.717) is 34.0 Å². The number of nitrogens with one attached hydrogen (secondary N) is 1. The highest BCUT2D eigenvalue weighted by atomic mass is 16.5. The molecule has 1 N–H and O–H groups in total. The lowest BCUT2D eigenvalue weighted by molar-refractivity contribution is 0.0924. The molecule has 0 saturated carbocycles. The van der Waals surface area contributed by atoms with Gasteiger partial charge in [0.1, 0.15) is 5.75 Å². The Bertz CT molecular complexity index is 1120. The monoisotopic (exact) mass is 356 g/mol. The van der Waals surface area contributed by atoms with Crippen molar-refractivity contribution in [2.24, 2.45) is 0 Å². The van der Waals surface area contributed by atoms with Crippen molar-refractivity contribution in [3.63, 3.8) is 0 Å². The van der Waals surface area contributed by atoms with Gasteiger partial charge in [-0.25, -0.2) is 4.90 Å². The topological polar surface area (TPSA) is 75.7 Å². The summed E-state index contributed by atoms with van der Waals surface area (Å²) in [4.78, 5) is 39.1. The van der Waals surface area contributed by atoms with Gasteiger partial charge in [-0.3, -0.25) is 14.4 Å². The van der Waals surface area contributed by atoms with E-state index in [2.05, 4.69) is 5.32 Å². The number of anilines is 2. The van der Waals surface area contributed by atoms with Gasteiger partial charge < -0.3 is 10.1 Å². The molecule has 0 aromatic heterocycles. The average Bonchev–Trinajstić information content (AvgIpc) is 2.85. The van der Waals surface area contributed by atoms with Gasteiger partial charge in [0.15, 0.2) is 5.75 Å². The molecule has 130 valence electrons. The molecule has 0 bridgehead atoms. The van der Waals surface area contributed by atoms with Crippen molar-refractivity contribution < 1.29 is 19.1 Å². The van der Waals surface area contributed by atoms with Gasteiger partial charge >= 0.3 is 0 Å². The van der Waals surface area contributed by atoms with Crippen LogP contribution in [0.5, 0.6) is 11.5 Å². The van der Waals surface area contributed by atoms with Crippen LogP contribution in [0, 0.1) is 0 Å². The van der Waals surface area contributed by atoms with E-state index >= 15 is 0 Å². The van der Waals surface area contributed by atoms with Crippen molar-refractivity contribution in [2.45, 2.75) is 0 Å². The van der Waals surface area contributed by atoms with Crippen LogP contribution in [0.2, 0.25) is 0 Å². The molecule has 3 amide bonds. The zero-order chi connectivity index (χ0) is 18.5. The van der Waals surface area contributed by atoms with Crippen molar-refractivity contribution in [3.05, 3.63) is 83.4 Å². The molecule has 0 atom stereocenters. The number of hydrogen-bond donors (Lipinski definition) is 1. The Hall–Kier alpha value is -3.93. The van der Waals surface area contributed by atoms with Crippen LogP contribution in [0.1, 0.15) is 31.1 Å². The molecule has 5 rings (SSSR count). The molecular weight excluding hydrogens is 344 g/mol. The minimum absolute atomic E-state index is 0.250. The van der Waals surface area contributed by atoms with Gasteiger partial charge in [-0.2, -0.15) is 0 Å². The Labute approximate surface area is 154 Å². The van der Waals surface area contributed by atoms with E-state index in [-0.39, 0.29) is 11.5 Å². The number of carbonyl (C=O) groups is 3. The van der Waals surface area contributed by atoms with Crippen LogP contribution < -0.4 is 15.0 Å². The van der Waals surface area contributed by atoms with Gasteiger partial charge in [-0.15, -0.1) is 0 Å². The highest BCUT2D eigenvalue weighted by molar-refractivity contribution is 6.34. The number of amides is 3. The molecule has 2 aliphatic heterocycles. The predicted molar refractivity (Wildman–Crippen MR) is 98.5 cm³/mol. The lowest BCUT2D eigenvalue weighted by Gasteiger charge is -2.16. The van der Waals surface area contributed by atoms with E-state index in [9.17, 15) is 14.4 Å². The molecule has 0 fully saturated rings. The molecule has 0 unspecified atom stereocenters. The zero-order valence-electron chi connectivity index (χ0n) is 13.9. The molecule has 0 aliphatic carbocycles. The summed E-state index contributed by atoms with van der Waals surface area (Å²) in [6.45, 7) is 0. The number of carbonyl (C=O) groups excluding carboxylic acids is 3. The minimum Gasteiger partial charge on any atom is -0.454 e. The van der Waals surface area contributed by atoms with Crippen LogP contribution in [0.4, 0.5) is 11.4 Å². The molecule has 3 aromatic carbocycles. The first-order chi connectivity index (χ1) is 13.1. The summed E-state index contributed by atoms with van der Waals surface area (Å²) in [5, 5.41) is 2.78. The first-order valence-electron chi connectivity index (χ1n) is 8.33. The standard InChI is InChI=1S/C21H12N2O4/c24-19-15-11-12(23-20(25)13-5-1-2-6-14(13)21(23)26)9-10-17(15)27-18-8-4-3-7-16(18)22-19/h1-11H,(H,22,24). The summed E-state index contributed by atoms with van der Waals surface area (Å²) < 4.78 is 5.83. The molecule has 2 heterocycles. The van der Waals surface area contributed by atoms with Crippen LogP contribution in [0.15, 0.2) is 66.7 Å². The Morgan fingerprint density at radius 2 is 1.37 bits per heavy atom. The van der Waals surface area contributed by atoms with E-state index in [0.717, 1.165) is 4.90 Å². The molecule has 27 heavy (non-hydrogen) atoms. The third-order valence-corrected chi connectivity index (χ3v) is 4.62. The van der Waals surface area contributed by atoms with Gasteiger partial charge in [0.25, 0.3) is 17.7 Å². The smallest absolute Gasteiger partial charge is 0.266 e. The number of fused-ring (bicyclic) bond motifs is 3. The predicted octanol–water partition coefficient (Wildman–Crippen LogP) is 3.85. The highest BCUT2D eigenvalue weighted by Crippen LogP contribution is 2.38. The maximum absolute atomic E-state index is 12.7. The van der Waals surface area contributed by atoms with Crippen molar-refractivity contribution in [1.29, 1.82) is 0 Å². The maximum Gasteiger partial charge on any atom is 0.266 e. The average molecular weight is 356 g/mol. The number of nitrogens with zero attached hydrogens (tertiary/aromatic N) is 1. The van der Waals surface area contributed by atoms with Crippen molar-refractivity contribution >= 4 is 29.1 Å². The largest absolute Gasteiger partial charge is 0.454 e. The summed E-state index contributed by atoms with van der Waals surface area (Å²) in [5.74, 6) is -0.299. The van der Waals surface area contributed by atoms with Gasteiger partial charge in [0.05, 0.1) is 28.1 Å². The van der Waals surface area contributed by atoms with Crippen LogP contribution >= 0.6 is 0 Å². The van der Waals surface area contributed by atoms with Gasteiger partial charge in [-0.1, -0.05) is 24.3 Å². The number of para-hydroxylation sites is 2. The van der Waals surface area contributed by atoms with E-state index in [1.54, 1.807) is 54.6 Å². The summed E-state index contributed by atoms with van der Waals surface area (Å²) in [5.41, 5.74) is 1.84. The van der Waals surface area contributed by atoms with E-state index in [1.807, 2.05) is 6.07 Å². The van der Waals surface area contributed by atoms with E-state index < -0.39 is 11.8 Å². The Balaban J connectivity index is 1.58. The Morgan fingerprint density at radius 3 is 2.11 bits per heavy atom. The summed E-state index contributed by atoms with van der Waals surface area (Å²) in [6, 6.07) is 18.4. The molecular formula is C21H12N2O4. The fourth-order valence-corrected chi connectivity index (χ4v) is 3.31. The van der Waals surface area contributed by atoms with Crippen molar-refractivity contribution in [1.82, 2.24) is 0 Å². The molecule has 6 heteroatoms. The van der Waals surface area contributed by atoms with Crippen LogP contribution in [-0.4, -0.2) is 17.7 Å². The number of imide groups is 1. The lowest BCUT2D eigenvalue weighted by Crippen LogP contribution is -2.29. The maximum atomic E-state index is 12.7. The molecule has 2 aliphatic rings. The van der Waals surface area contributed by atoms with Gasteiger partial charge in [-0.05, 0) is 42.5 Å². The van der Waals surface area contributed by atoms with Crippen LogP contribution in [0.3, 0.4) is 0 Å². The first kappa shape index (κ1) is 15.3. The number of benzene rings is 3. The lowest BCUT2D eigenvalue weighted by atomic mass is 10.1. The normalized spacial score (nSPS) is 14.7. The third-order valence-electron chi connectivity index (χ3n) is 4.62. The van der Waals surface area contributed by atoms with Gasteiger partial charge in [0.2, 0.25) is 0 Å². The second-order valence-electron chi connectivity index (χ2n) is 6.22. The first-order valence-corrected chi connectivity index (χ1v) is 8.33. The van der Waals surface area contributed by atoms with E-state index in [4.69, 9.17) is 4.74 Å². The second kappa shape index (κ2) is 5.54. The molecule has 0 radical (unpaired) electrons. The fraction of sp³-hybridized carbons (Fsp3) is 0. The SMILES string of the molecule is O=C1Nc2ccccc2Oc2ccc(N3C(=O)c4ccccc4C3=O)cc21. The summed E-state index contributed by atoms with van der Waals surface area (Å²) >= 11 is 0. The zero-order valence-corrected chi connectivity index (χ0v) is 13.9. The summed E-state index contributed by atoms with van der Waals surface area (Å²) in [7, 11) is 0. The van der Waals surface area contributed by atoms with E-state index in [1.165, 1.54) is 6.07 Å². The van der Waals surface area contributed by atoms with Crippen molar-refractivity contribution in [2.75, 3.05) is 10.2 Å². The quantitative estimate of drug-likeness (QED) is 0.672. The third kappa shape index (κ3) is 2.23. The number of ether oxygens (including phenoxy) is 1.